The zero-order chi connectivity index (χ0) is 18.1. The lowest BCUT2D eigenvalue weighted by Gasteiger charge is -2.18. The van der Waals surface area contributed by atoms with Crippen LogP contribution >= 0.6 is 11.6 Å². The first-order valence-corrected chi connectivity index (χ1v) is 8.63. The van der Waals surface area contributed by atoms with Gasteiger partial charge in [0.15, 0.2) is 0 Å². The molecule has 2 heterocycles. The molecule has 0 aliphatic carbocycles. The van der Waals surface area contributed by atoms with Crippen LogP contribution in [-0.4, -0.2) is 27.8 Å². The first-order valence-electron chi connectivity index (χ1n) is 8.26. The van der Waals surface area contributed by atoms with Crippen molar-refractivity contribution < 1.29 is 4.79 Å². The summed E-state index contributed by atoms with van der Waals surface area (Å²) in [4.78, 5) is 23.3. The topological polar surface area (TPSA) is 46.1 Å². The van der Waals surface area contributed by atoms with E-state index < -0.39 is 0 Å². The van der Waals surface area contributed by atoms with Gasteiger partial charge < -0.3 is 4.90 Å². The highest BCUT2D eigenvalue weighted by Crippen LogP contribution is 2.28. The summed E-state index contributed by atoms with van der Waals surface area (Å²) in [7, 11) is 1.78. The van der Waals surface area contributed by atoms with Crippen molar-refractivity contribution in [2.24, 2.45) is 0 Å². The van der Waals surface area contributed by atoms with Crippen LogP contribution in [0.5, 0.6) is 0 Å². The Morgan fingerprint density at radius 3 is 2.65 bits per heavy atom. The van der Waals surface area contributed by atoms with Crippen molar-refractivity contribution in [3.63, 3.8) is 0 Å². The van der Waals surface area contributed by atoms with Crippen molar-refractivity contribution in [3.8, 4) is 0 Å². The number of rotatable bonds is 3. The molecule has 2 aromatic carbocycles. The Balaban J connectivity index is 1.76. The number of benzene rings is 2. The molecule has 0 aliphatic rings. The van der Waals surface area contributed by atoms with Crippen molar-refractivity contribution in [1.29, 1.82) is 0 Å². The van der Waals surface area contributed by atoms with E-state index in [1.54, 1.807) is 30.4 Å². The molecule has 4 aromatic rings. The van der Waals surface area contributed by atoms with Crippen molar-refractivity contribution in [2.75, 3.05) is 7.05 Å². The molecule has 5 heteroatoms. The molecule has 26 heavy (non-hydrogen) atoms. The third kappa shape index (κ3) is 3.00. The Kier molecular flexibility index (Phi) is 4.27. The van der Waals surface area contributed by atoms with Gasteiger partial charge in [-0.1, -0.05) is 48.0 Å². The van der Waals surface area contributed by atoms with Crippen LogP contribution in [0.1, 0.15) is 15.9 Å². The number of carbonyl (C=O) groups excluding carboxylic acids is 1. The fourth-order valence-corrected chi connectivity index (χ4v) is 3.26. The molecule has 4 rings (SSSR count). The molecule has 0 spiro atoms. The SMILES string of the molecule is CN(Cc1ccc(Cl)nc1)C(=O)c1cc2ccccc2c2cccnc12. The van der Waals surface area contributed by atoms with Crippen molar-refractivity contribution in [3.05, 3.63) is 83.3 Å². The molecule has 0 aliphatic heterocycles. The van der Waals surface area contributed by atoms with E-state index in [-0.39, 0.29) is 5.91 Å². The minimum absolute atomic E-state index is 0.0746. The van der Waals surface area contributed by atoms with Gasteiger partial charge in [0.25, 0.3) is 5.91 Å². The van der Waals surface area contributed by atoms with Gasteiger partial charge in [-0.05, 0) is 34.5 Å². The number of nitrogens with zero attached hydrogens (tertiary/aromatic N) is 3. The van der Waals surface area contributed by atoms with Gasteiger partial charge in [-0.15, -0.1) is 0 Å². The Morgan fingerprint density at radius 2 is 1.85 bits per heavy atom. The second-order valence-corrected chi connectivity index (χ2v) is 6.58. The summed E-state index contributed by atoms with van der Waals surface area (Å²) in [5.41, 5.74) is 2.24. The lowest BCUT2D eigenvalue weighted by Crippen LogP contribution is -2.26. The average molecular weight is 362 g/mol. The molecular formula is C21H16ClN3O. The van der Waals surface area contributed by atoms with E-state index >= 15 is 0 Å². The zero-order valence-corrected chi connectivity index (χ0v) is 14.9. The van der Waals surface area contributed by atoms with Gasteiger partial charge in [0.1, 0.15) is 5.15 Å². The van der Waals surface area contributed by atoms with E-state index in [0.717, 1.165) is 27.2 Å². The average Bonchev–Trinajstić information content (AvgIpc) is 2.68. The molecule has 0 saturated heterocycles. The first kappa shape index (κ1) is 16.5. The van der Waals surface area contributed by atoms with E-state index in [4.69, 9.17) is 11.6 Å². The molecule has 1 amide bonds. The normalized spacial score (nSPS) is 11.0. The quantitative estimate of drug-likeness (QED) is 0.392. The highest BCUT2D eigenvalue weighted by atomic mass is 35.5. The third-order valence-electron chi connectivity index (χ3n) is 4.40. The number of amides is 1. The van der Waals surface area contributed by atoms with Gasteiger partial charge in [-0.3, -0.25) is 9.78 Å². The number of aromatic nitrogens is 2. The first-order chi connectivity index (χ1) is 12.6. The minimum atomic E-state index is -0.0746. The molecule has 4 nitrogen and oxygen atoms in total. The number of pyridine rings is 2. The summed E-state index contributed by atoms with van der Waals surface area (Å²) in [6.45, 7) is 0.449. The van der Waals surface area contributed by atoms with Gasteiger partial charge in [-0.2, -0.15) is 0 Å². The monoisotopic (exact) mass is 361 g/mol. The molecule has 0 fully saturated rings. The van der Waals surface area contributed by atoms with Crippen LogP contribution in [0.15, 0.2) is 67.0 Å². The van der Waals surface area contributed by atoms with Crippen LogP contribution in [0.25, 0.3) is 21.7 Å². The highest BCUT2D eigenvalue weighted by Gasteiger charge is 2.18. The lowest BCUT2D eigenvalue weighted by atomic mass is 10.00. The number of carbonyl (C=O) groups is 1. The molecule has 0 saturated carbocycles. The molecule has 0 atom stereocenters. The molecule has 2 aromatic heterocycles. The van der Waals surface area contributed by atoms with Crippen LogP contribution in [0.3, 0.4) is 0 Å². The smallest absolute Gasteiger partial charge is 0.256 e. The van der Waals surface area contributed by atoms with Crippen molar-refractivity contribution in [2.45, 2.75) is 6.54 Å². The van der Waals surface area contributed by atoms with E-state index in [2.05, 4.69) is 16.0 Å². The van der Waals surface area contributed by atoms with Crippen LogP contribution in [0.2, 0.25) is 5.15 Å². The third-order valence-corrected chi connectivity index (χ3v) is 4.62. The largest absolute Gasteiger partial charge is 0.337 e. The predicted octanol–water partition coefficient (Wildman–Crippen LogP) is 4.71. The molecule has 0 unspecified atom stereocenters. The summed E-state index contributed by atoms with van der Waals surface area (Å²) < 4.78 is 0. The Morgan fingerprint density at radius 1 is 1.04 bits per heavy atom. The van der Waals surface area contributed by atoms with Crippen molar-refractivity contribution >= 4 is 39.2 Å². The molecule has 128 valence electrons. The van der Waals surface area contributed by atoms with Gasteiger partial charge in [-0.25, -0.2) is 4.98 Å². The Labute approximate surface area is 156 Å². The number of hydrogen-bond donors (Lipinski definition) is 0. The minimum Gasteiger partial charge on any atom is -0.337 e. The van der Waals surface area contributed by atoms with Crippen LogP contribution in [0, 0.1) is 0 Å². The molecule has 0 N–H and O–H groups in total. The van der Waals surface area contributed by atoms with E-state index in [1.807, 2.05) is 42.5 Å². The Bertz CT molecular complexity index is 1110. The lowest BCUT2D eigenvalue weighted by molar-refractivity contribution is 0.0787. The maximum Gasteiger partial charge on any atom is 0.256 e. The number of halogens is 1. The van der Waals surface area contributed by atoms with E-state index in [0.29, 0.717) is 17.3 Å². The standard InChI is InChI=1S/C21H16ClN3O/c1-25(13-14-8-9-19(22)24-12-14)21(26)18-11-15-5-2-3-6-16(15)17-7-4-10-23-20(17)18/h2-12H,13H2,1H3. The van der Waals surface area contributed by atoms with Gasteiger partial charge in [0.2, 0.25) is 0 Å². The van der Waals surface area contributed by atoms with E-state index in [9.17, 15) is 4.79 Å². The fraction of sp³-hybridized carbons (Fsp3) is 0.0952. The van der Waals surface area contributed by atoms with Crippen molar-refractivity contribution in [1.82, 2.24) is 14.9 Å². The number of fused-ring (bicyclic) bond motifs is 3. The summed E-state index contributed by atoms with van der Waals surface area (Å²) in [6, 6.07) is 17.5. The fourth-order valence-electron chi connectivity index (χ4n) is 3.14. The van der Waals surface area contributed by atoms with Crippen LogP contribution in [0.4, 0.5) is 0 Å². The molecular weight excluding hydrogens is 346 g/mol. The second-order valence-electron chi connectivity index (χ2n) is 6.20. The van der Waals surface area contributed by atoms with E-state index in [1.165, 1.54) is 0 Å². The summed E-state index contributed by atoms with van der Waals surface area (Å²) in [5.74, 6) is -0.0746. The number of hydrogen-bond acceptors (Lipinski definition) is 3. The van der Waals surface area contributed by atoms with Gasteiger partial charge in [0.05, 0.1) is 11.1 Å². The Hall–Kier alpha value is -2.98. The maximum atomic E-state index is 13.1. The zero-order valence-electron chi connectivity index (χ0n) is 14.2. The second kappa shape index (κ2) is 6.73. The molecule has 0 radical (unpaired) electrons. The van der Waals surface area contributed by atoms with Crippen LogP contribution in [-0.2, 0) is 6.54 Å². The predicted molar refractivity (Wildman–Crippen MR) is 104 cm³/mol. The maximum absolute atomic E-state index is 13.1. The summed E-state index contributed by atoms with van der Waals surface area (Å²) in [6.07, 6.45) is 3.40. The van der Waals surface area contributed by atoms with Crippen LogP contribution < -0.4 is 0 Å². The van der Waals surface area contributed by atoms with Gasteiger partial charge >= 0.3 is 0 Å². The summed E-state index contributed by atoms with van der Waals surface area (Å²) in [5, 5.41) is 3.54. The van der Waals surface area contributed by atoms with Gasteiger partial charge in [0, 0.05) is 31.4 Å². The highest BCUT2D eigenvalue weighted by molar-refractivity contribution is 6.29. The summed E-state index contributed by atoms with van der Waals surface area (Å²) >= 11 is 5.83. The molecule has 0 bridgehead atoms.